The number of amides is 1. The number of hydrogen-bond donors (Lipinski definition) is 1. The van der Waals surface area contributed by atoms with Crippen molar-refractivity contribution in [3.63, 3.8) is 0 Å². The van der Waals surface area contributed by atoms with Gasteiger partial charge in [-0.1, -0.05) is 36.4 Å². The molecule has 1 N–H and O–H groups in total. The second kappa shape index (κ2) is 6.35. The second-order valence-corrected chi connectivity index (χ2v) is 5.10. The minimum absolute atomic E-state index is 0.112. The first-order valence-electron chi connectivity index (χ1n) is 7.12. The van der Waals surface area contributed by atoms with Gasteiger partial charge < -0.3 is 14.8 Å². The van der Waals surface area contributed by atoms with E-state index < -0.39 is 0 Å². The Bertz CT molecular complexity index is 708. The zero-order valence-electron chi connectivity index (χ0n) is 12.3. The Balaban J connectivity index is 1.60. The zero-order valence-corrected chi connectivity index (χ0v) is 12.3. The zero-order chi connectivity index (χ0) is 15.4. The lowest BCUT2D eigenvalue weighted by molar-refractivity contribution is -0.116. The number of rotatable bonds is 4. The van der Waals surface area contributed by atoms with Gasteiger partial charge in [0, 0.05) is 12.6 Å². The summed E-state index contributed by atoms with van der Waals surface area (Å²) in [5, 5.41) is 2.88. The topological polar surface area (TPSA) is 47.6 Å². The molecule has 22 heavy (non-hydrogen) atoms. The Labute approximate surface area is 129 Å². The molecule has 2 aromatic rings. The summed E-state index contributed by atoms with van der Waals surface area (Å²) in [4.78, 5) is 12.0. The van der Waals surface area contributed by atoms with Crippen LogP contribution in [0.2, 0.25) is 0 Å². The summed E-state index contributed by atoms with van der Waals surface area (Å²) in [5.41, 5.74) is 2.95. The Kier molecular flexibility index (Phi) is 4.10. The number of hydrogen-bond acceptors (Lipinski definition) is 3. The van der Waals surface area contributed by atoms with Crippen molar-refractivity contribution in [2.75, 3.05) is 6.79 Å². The molecule has 0 saturated carbocycles. The first-order chi connectivity index (χ1) is 10.7. The van der Waals surface area contributed by atoms with Crippen LogP contribution in [-0.4, -0.2) is 12.7 Å². The van der Waals surface area contributed by atoms with E-state index in [9.17, 15) is 4.79 Å². The van der Waals surface area contributed by atoms with Crippen LogP contribution >= 0.6 is 0 Å². The van der Waals surface area contributed by atoms with Crippen LogP contribution in [0.3, 0.4) is 0 Å². The van der Waals surface area contributed by atoms with Crippen molar-refractivity contribution in [2.24, 2.45) is 0 Å². The molecule has 0 unspecified atom stereocenters. The highest BCUT2D eigenvalue weighted by Crippen LogP contribution is 2.32. The van der Waals surface area contributed by atoms with Crippen LogP contribution in [0.4, 0.5) is 0 Å². The third-order valence-electron chi connectivity index (χ3n) is 3.48. The Morgan fingerprint density at radius 2 is 1.91 bits per heavy atom. The van der Waals surface area contributed by atoms with Crippen molar-refractivity contribution in [1.29, 1.82) is 0 Å². The minimum atomic E-state index is -0.112. The van der Waals surface area contributed by atoms with Crippen LogP contribution in [0.25, 0.3) is 5.57 Å². The third-order valence-corrected chi connectivity index (χ3v) is 3.48. The predicted molar refractivity (Wildman–Crippen MR) is 84.5 cm³/mol. The molecule has 1 aliphatic rings. The summed E-state index contributed by atoms with van der Waals surface area (Å²) in [7, 11) is 0. The molecule has 1 heterocycles. The summed E-state index contributed by atoms with van der Waals surface area (Å²) in [6.07, 6.45) is 1.61. The molecule has 1 amide bonds. The summed E-state index contributed by atoms with van der Waals surface area (Å²) >= 11 is 0. The number of benzene rings is 2. The quantitative estimate of drug-likeness (QED) is 0.882. The van der Waals surface area contributed by atoms with Crippen LogP contribution in [0.1, 0.15) is 18.1 Å². The van der Waals surface area contributed by atoms with Crippen LogP contribution in [0.5, 0.6) is 11.5 Å². The predicted octanol–water partition coefficient (Wildman–Crippen LogP) is 3.14. The van der Waals surface area contributed by atoms with Crippen LogP contribution in [0, 0.1) is 0 Å². The van der Waals surface area contributed by atoms with Gasteiger partial charge in [0.15, 0.2) is 11.5 Å². The Hall–Kier alpha value is -2.75. The van der Waals surface area contributed by atoms with Gasteiger partial charge in [-0.05, 0) is 35.8 Å². The van der Waals surface area contributed by atoms with Gasteiger partial charge in [-0.2, -0.15) is 0 Å². The summed E-state index contributed by atoms with van der Waals surface area (Å²) < 4.78 is 10.6. The fraction of sp³-hybridized carbons (Fsp3) is 0.167. The molecule has 112 valence electrons. The van der Waals surface area contributed by atoms with Crippen molar-refractivity contribution >= 4 is 11.5 Å². The van der Waals surface area contributed by atoms with E-state index in [1.165, 1.54) is 0 Å². The van der Waals surface area contributed by atoms with Gasteiger partial charge in [-0.15, -0.1) is 0 Å². The molecule has 2 aromatic carbocycles. The average molecular weight is 295 g/mol. The SMILES string of the molecule is C/C(=C\C(=O)NCc1ccc2c(c1)OCO2)c1ccccc1. The smallest absolute Gasteiger partial charge is 0.244 e. The maximum absolute atomic E-state index is 12.0. The lowest BCUT2D eigenvalue weighted by Crippen LogP contribution is -2.20. The normalized spacial score (nSPS) is 13.0. The number of carbonyl (C=O) groups is 1. The van der Waals surface area contributed by atoms with Crippen LogP contribution < -0.4 is 14.8 Å². The molecule has 0 aliphatic carbocycles. The van der Waals surface area contributed by atoms with Crippen LogP contribution in [-0.2, 0) is 11.3 Å². The van der Waals surface area contributed by atoms with E-state index in [0.717, 1.165) is 28.2 Å². The van der Waals surface area contributed by atoms with E-state index in [1.807, 2.05) is 55.5 Å². The van der Waals surface area contributed by atoms with Crippen molar-refractivity contribution in [2.45, 2.75) is 13.5 Å². The van der Waals surface area contributed by atoms with E-state index in [4.69, 9.17) is 9.47 Å². The largest absolute Gasteiger partial charge is 0.454 e. The fourth-order valence-electron chi connectivity index (χ4n) is 2.27. The number of ether oxygens (including phenoxy) is 2. The van der Waals surface area contributed by atoms with Crippen LogP contribution in [0.15, 0.2) is 54.6 Å². The number of fused-ring (bicyclic) bond motifs is 1. The Morgan fingerprint density at radius 1 is 1.14 bits per heavy atom. The second-order valence-electron chi connectivity index (χ2n) is 5.10. The van der Waals surface area contributed by atoms with Gasteiger partial charge in [-0.25, -0.2) is 0 Å². The molecular weight excluding hydrogens is 278 g/mol. The molecule has 0 saturated heterocycles. The highest BCUT2D eigenvalue weighted by molar-refractivity contribution is 5.94. The first-order valence-corrected chi connectivity index (χ1v) is 7.12. The molecule has 1 aliphatic heterocycles. The number of nitrogens with one attached hydrogen (secondary N) is 1. The fourth-order valence-corrected chi connectivity index (χ4v) is 2.27. The number of carbonyl (C=O) groups excluding carboxylic acids is 1. The van der Waals surface area contributed by atoms with Gasteiger partial charge in [-0.3, -0.25) is 4.79 Å². The third kappa shape index (κ3) is 3.28. The molecule has 0 spiro atoms. The van der Waals surface area contributed by atoms with Crippen molar-refractivity contribution < 1.29 is 14.3 Å². The first kappa shape index (κ1) is 14.2. The molecule has 0 fully saturated rings. The maximum Gasteiger partial charge on any atom is 0.244 e. The molecule has 0 radical (unpaired) electrons. The van der Waals surface area contributed by atoms with Gasteiger partial charge in [0.1, 0.15) is 0 Å². The van der Waals surface area contributed by atoms with Gasteiger partial charge in [0.25, 0.3) is 0 Å². The van der Waals surface area contributed by atoms with Gasteiger partial charge in [0.05, 0.1) is 0 Å². The summed E-state index contributed by atoms with van der Waals surface area (Å²) in [6.45, 7) is 2.63. The summed E-state index contributed by atoms with van der Waals surface area (Å²) in [5.74, 6) is 1.36. The van der Waals surface area contributed by atoms with Gasteiger partial charge >= 0.3 is 0 Å². The molecule has 3 rings (SSSR count). The number of allylic oxidation sites excluding steroid dienone is 1. The van der Waals surface area contributed by atoms with Gasteiger partial charge in [0.2, 0.25) is 12.7 Å². The van der Waals surface area contributed by atoms with Crippen molar-refractivity contribution in [3.8, 4) is 11.5 Å². The Morgan fingerprint density at radius 3 is 2.73 bits per heavy atom. The molecule has 0 bridgehead atoms. The standard InChI is InChI=1S/C18H17NO3/c1-13(15-5-3-2-4-6-15)9-18(20)19-11-14-7-8-16-17(10-14)22-12-21-16/h2-10H,11-12H2,1H3,(H,19,20)/b13-9+. The highest BCUT2D eigenvalue weighted by Gasteiger charge is 2.13. The lowest BCUT2D eigenvalue weighted by Gasteiger charge is -2.05. The molecule has 0 aromatic heterocycles. The van der Waals surface area contributed by atoms with E-state index in [0.29, 0.717) is 6.54 Å². The van der Waals surface area contributed by atoms with E-state index in [-0.39, 0.29) is 12.7 Å². The average Bonchev–Trinajstić information content (AvgIpc) is 3.01. The maximum atomic E-state index is 12.0. The molecule has 4 nitrogen and oxygen atoms in total. The monoisotopic (exact) mass is 295 g/mol. The van der Waals surface area contributed by atoms with E-state index in [1.54, 1.807) is 6.08 Å². The molecule has 4 heteroatoms. The van der Waals surface area contributed by atoms with Crippen molar-refractivity contribution in [1.82, 2.24) is 5.32 Å². The lowest BCUT2D eigenvalue weighted by atomic mass is 10.1. The minimum Gasteiger partial charge on any atom is -0.454 e. The van der Waals surface area contributed by atoms with E-state index in [2.05, 4.69) is 5.32 Å². The molecule has 0 atom stereocenters. The van der Waals surface area contributed by atoms with Crippen molar-refractivity contribution in [3.05, 3.63) is 65.7 Å². The highest BCUT2D eigenvalue weighted by atomic mass is 16.7. The molecular formula is C18H17NO3. The summed E-state index contributed by atoms with van der Waals surface area (Å²) in [6, 6.07) is 15.5. The van der Waals surface area contributed by atoms with E-state index >= 15 is 0 Å².